The van der Waals surface area contributed by atoms with Crippen LogP contribution in [0, 0.1) is 0 Å². The van der Waals surface area contributed by atoms with Crippen molar-refractivity contribution in [2.45, 2.75) is 11.8 Å². The van der Waals surface area contributed by atoms with Gasteiger partial charge in [-0.15, -0.1) is 11.3 Å². The monoisotopic (exact) mass is 487 g/mol. The van der Waals surface area contributed by atoms with Gasteiger partial charge in [-0.05, 0) is 42.5 Å². The van der Waals surface area contributed by atoms with Gasteiger partial charge in [-0.3, -0.25) is 4.79 Å². The number of rotatable bonds is 8. The Labute approximate surface area is 197 Å². The van der Waals surface area contributed by atoms with E-state index in [4.69, 9.17) is 27.9 Å². The number of carbonyl (C=O) groups is 1. The third-order valence-corrected chi connectivity index (χ3v) is 6.38. The summed E-state index contributed by atoms with van der Waals surface area (Å²) in [6.45, 7) is 0.316. The van der Waals surface area contributed by atoms with Crippen molar-refractivity contribution >= 4 is 52.1 Å². The number of thiazole rings is 1. The number of ether oxygens (including phenoxy) is 1. The van der Waals surface area contributed by atoms with Crippen LogP contribution < -0.4 is 4.74 Å². The van der Waals surface area contributed by atoms with Gasteiger partial charge >= 0.3 is 0 Å². The number of para-hydroxylation sites is 1. The molecule has 0 amide bonds. The minimum Gasteiger partial charge on any atom is -0.485 e. The second-order valence-electron chi connectivity index (χ2n) is 6.29. The van der Waals surface area contributed by atoms with Crippen LogP contribution in [0.1, 0.15) is 15.4 Å². The second kappa shape index (κ2) is 10.2. The molecule has 0 unspecified atom stereocenters. The summed E-state index contributed by atoms with van der Waals surface area (Å²) in [7, 11) is 0. The van der Waals surface area contributed by atoms with Gasteiger partial charge in [-0.2, -0.15) is 0 Å². The second-order valence-corrected chi connectivity index (χ2v) is 9.02. The number of aromatic nitrogens is 3. The SMILES string of the molecule is O=C(CSc1nccc(-c2csc(COc3ccccc3Cl)n2)n1)c1ccc(Cl)cc1. The summed E-state index contributed by atoms with van der Waals surface area (Å²) in [4.78, 5) is 25.7. The van der Waals surface area contributed by atoms with Gasteiger partial charge in [0.15, 0.2) is 10.9 Å². The molecule has 4 rings (SSSR count). The van der Waals surface area contributed by atoms with Gasteiger partial charge < -0.3 is 4.74 Å². The lowest BCUT2D eigenvalue weighted by molar-refractivity contribution is 0.102. The van der Waals surface area contributed by atoms with Crippen molar-refractivity contribution in [1.82, 2.24) is 15.0 Å². The first-order chi connectivity index (χ1) is 15.1. The Morgan fingerprint density at radius 1 is 1.00 bits per heavy atom. The van der Waals surface area contributed by atoms with Gasteiger partial charge in [0.1, 0.15) is 23.1 Å². The van der Waals surface area contributed by atoms with Gasteiger partial charge in [-0.1, -0.05) is 47.1 Å². The van der Waals surface area contributed by atoms with Crippen molar-refractivity contribution in [1.29, 1.82) is 0 Å². The summed E-state index contributed by atoms with van der Waals surface area (Å²) >= 11 is 14.7. The average Bonchev–Trinajstić information content (AvgIpc) is 3.27. The smallest absolute Gasteiger partial charge is 0.188 e. The molecule has 2 aromatic carbocycles. The van der Waals surface area contributed by atoms with Crippen molar-refractivity contribution in [2.75, 3.05) is 5.75 Å². The molecule has 31 heavy (non-hydrogen) atoms. The van der Waals surface area contributed by atoms with Gasteiger partial charge in [0.2, 0.25) is 0 Å². The lowest BCUT2D eigenvalue weighted by atomic mass is 10.1. The Morgan fingerprint density at radius 3 is 2.61 bits per heavy atom. The highest BCUT2D eigenvalue weighted by molar-refractivity contribution is 7.99. The Kier molecular flexibility index (Phi) is 7.19. The van der Waals surface area contributed by atoms with Gasteiger partial charge in [0.25, 0.3) is 0 Å². The maximum Gasteiger partial charge on any atom is 0.188 e. The van der Waals surface area contributed by atoms with Crippen LogP contribution in [0.3, 0.4) is 0 Å². The number of hydrogen-bond acceptors (Lipinski definition) is 7. The molecule has 0 fully saturated rings. The predicted molar refractivity (Wildman–Crippen MR) is 125 cm³/mol. The fourth-order valence-corrected chi connectivity index (χ4v) is 4.34. The van der Waals surface area contributed by atoms with Crippen LogP contribution in [0.4, 0.5) is 0 Å². The molecule has 0 N–H and O–H groups in total. The van der Waals surface area contributed by atoms with Crippen LogP contribution in [-0.2, 0) is 6.61 Å². The van der Waals surface area contributed by atoms with E-state index in [9.17, 15) is 4.79 Å². The molecule has 0 radical (unpaired) electrons. The first-order valence-corrected chi connectivity index (χ1v) is 11.8. The molecular formula is C22H15Cl2N3O2S2. The van der Waals surface area contributed by atoms with E-state index in [-0.39, 0.29) is 11.5 Å². The van der Waals surface area contributed by atoms with Gasteiger partial charge in [0.05, 0.1) is 16.5 Å². The molecule has 9 heteroatoms. The van der Waals surface area contributed by atoms with Gasteiger partial charge in [0, 0.05) is 22.2 Å². The van der Waals surface area contributed by atoms with E-state index in [1.54, 1.807) is 42.6 Å². The Bertz CT molecular complexity index is 1200. The van der Waals surface area contributed by atoms with Crippen LogP contribution in [0.2, 0.25) is 10.0 Å². The molecule has 4 aromatic rings. The number of benzene rings is 2. The number of ketones is 1. The molecule has 0 aliphatic rings. The van der Waals surface area contributed by atoms with Gasteiger partial charge in [-0.25, -0.2) is 15.0 Å². The van der Waals surface area contributed by atoms with Crippen LogP contribution in [-0.4, -0.2) is 26.5 Å². The molecule has 0 aliphatic carbocycles. The fraction of sp³-hybridized carbons (Fsp3) is 0.0909. The van der Waals surface area contributed by atoms with E-state index in [1.165, 1.54) is 23.1 Å². The quantitative estimate of drug-likeness (QED) is 0.161. The van der Waals surface area contributed by atoms with Crippen molar-refractivity contribution < 1.29 is 9.53 Å². The predicted octanol–water partition coefficient (Wildman–Crippen LogP) is 6.46. The molecule has 156 valence electrons. The zero-order chi connectivity index (χ0) is 21.6. The fourth-order valence-electron chi connectivity index (χ4n) is 2.60. The standard InChI is InChI=1S/C22H15Cl2N3O2S2/c23-15-7-5-14(6-8-15)19(28)13-31-22-25-10-9-17(27-22)18-12-30-21(26-18)11-29-20-4-2-1-3-16(20)24/h1-10,12H,11,13H2. The van der Waals surface area contributed by atoms with E-state index in [0.29, 0.717) is 38.8 Å². The van der Waals surface area contributed by atoms with E-state index in [1.807, 2.05) is 23.6 Å². The summed E-state index contributed by atoms with van der Waals surface area (Å²) in [5.74, 6) is 0.842. The zero-order valence-electron chi connectivity index (χ0n) is 16.0. The van der Waals surface area contributed by atoms with Crippen LogP contribution in [0.5, 0.6) is 5.75 Å². The molecular weight excluding hydrogens is 473 g/mol. The first kappa shape index (κ1) is 21.8. The van der Waals surface area contributed by atoms with E-state index in [0.717, 1.165) is 10.7 Å². The average molecular weight is 488 g/mol. The van der Waals surface area contributed by atoms with E-state index in [2.05, 4.69) is 15.0 Å². The van der Waals surface area contributed by atoms with Crippen LogP contribution in [0.15, 0.2) is 71.3 Å². The van der Waals surface area contributed by atoms with Crippen molar-refractivity contribution in [3.05, 3.63) is 86.8 Å². The number of thioether (sulfide) groups is 1. The molecule has 2 heterocycles. The normalized spacial score (nSPS) is 10.8. The number of hydrogen-bond donors (Lipinski definition) is 0. The number of nitrogens with zero attached hydrogens (tertiary/aromatic N) is 3. The van der Waals surface area contributed by atoms with Crippen molar-refractivity contribution in [2.24, 2.45) is 0 Å². The lowest BCUT2D eigenvalue weighted by Crippen LogP contribution is -2.03. The highest BCUT2D eigenvalue weighted by Crippen LogP contribution is 2.26. The van der Waals surface area contributed by atoms with E-state index < -0.39 is 0 Å². The highest BCUT2D eigenvalue weighted by atomic mass is 35.5. The largest absolute Gasteiger partial charge is 0.485 e. The molecule has 0 spiro atoms. The minimum atomic E-state index is -0.0108. The summed E-state index contributed by atoms with van der Waals surface area (Å²) in [6.07, 6.45) is 1.66. The minimum absolute atomic E-state index is 0.0108. The number of Topliss-reactive ketones (excluding diaryl/α,β-unsaturated/α-hetero) is 1. The lowest BCUT2D eigenvalue weighted by Gasteiger charge is -2.05. The molecule has 0 bridgehead atoms. The molecule has 2 aromatic heterocycles. The molecule has 5 nitrogen and oxygen atoms in total. The topological polar surface area (TPSA) is 65.0 Å². The maximum absolute atomic E-state index is 12.3. The zero-order valence-corrected chi connectivity index (χ0v) is 19.1. The highest BCUT2D eigenvalue weighted by Gasteiger charge is 2.11. The third-order valence-electron chi connectivity index (χ3n) is 4.13. The molecule has 0 atom stereocenters. The Morgan fingerprint density at radius 2 is 1.81 bits per heavy atom. The third kappa shape index (κ3) is 5.83. The summed E-state index contributed by atoms with van der Waals surface area (Å²) in [5, 5.41) is 4.40. The maximum atomic E-state index is 12.3. The molecule has 0 saturated heterocycles. The number of carbonyl (C=O) groups excluding carboxylic acids is 1. The summed E-state index contributed by atoms with van der Waals surface area (Å²) in [6, 6.07) is 15.9. The van der Waals surface area contributed by atoms with Crippen molar-refractivity contribution in [3.63, 3.8) is 0 Å². The molecule has 0 saturated carbocycles. The Balaban J connectivity index is 1.38. The van der Waals surface area contributed by atoms with E-state index >= 15 is 0 Å². The summed E-state index contributed by atoms with van der Waals surface area (Å²) in [5.41, 5.74) is 2.03. The van der Waals surface area contributed by atoms with Crippen molar-refractivity contribution in [3.8, 4) is 17.1 Å². The van der Waals surface area contributed by atoms with Crippen LogP contribution >= 0.6 is 46.3 Å². The molecule has 0 aliphatic heterocycles. The first-order valence-electron chi connectivity index (χ1n) is 9.15. The Hall–Kier alpha value is -2.45. The van der Waals surface area contributed by atoms with Crippen LogP contribution in [0.25, 0.3) is 11.4 Å². The summed E-state index contributed by atoms with van der Waals surface area (Å²) < 4.78 is 5.74. The number of halogens is 2.